The van der Waals surface area contributed by atoms with Crippen LogP contribution in [0.4, 0.5) is 5.95 Å². The van der Waals surface area contributed by atoms with Gasteiger partial charge < -0.3 is 15.0 Å². The van der Waals surface area contributed by atoms with Crippen LogP contribution in [0.5, 0.6) is 0 Å². The van der Waals surface area contributed by atoms with Crippen molar-refractivity contribution in [2.75, 3.05) is 31.2 Å². The van der Waals surface area contributed by atoms with Gasteiger partial charge in [-0.3, -0.25) is 4.79 Å². The van der Waals surface area contributed by atoms with E-state index in [2.05, 4.69) is 33.5 Å². The standard InChI is InChI=1S/C21H21ClN4O2/c1-14(16-8-4-6-15-5-2-3-7-17(15)16)24-20(27)19-18(22)13-23-21(25-19)26-9-11-28-12-10-26/h2-8,13-14H,9-12H2,1H3,(H,24,27)/t14-/m1/s1. The fraction of sp³-hybridized carbons (Fsp3) is 0.286. The minimum absolute atomic E-state index is 0.185. The van der Waals surface area contributed by atoms with Crippen LogP contribution in [0.1, 0.15) is 29.0 Å². The lowest BCUT2D eigenvalue weighted by Gasteiger charge is -2.27. The molecule has 1 atom stereocenters. The number of hydrogen-bond acceptors (Lipinski definition) is 5. The summed E-state index contributed by atoms with van der Waals surface area (Å²) in [4.78, 5) is 23.6. The lowest BCUT2D eigenvalue weighted by molar-refractivity contribution is 0.0935. The third-order valence-electron chi connectivity index (χ3n) is 4.88. The highest BCUT2D eigenvalue weighted by Crippen LogP contribution is 2.25. The SMILES string of the molecule is C[C@@H](NC(=O)c1nc(N2CCOCC2)ncc1Cl)c1cccc2ccccc12. The van der Waals surface area contributed by atoms with Gasteiger partial charge in [-0.25, -0.2) is 9.97 Å². The van der Waals surface area contributed by atoms with Crippen molar-refractivity contribution in [1.29, 1.82) is 0 Å². The molecule has 4 rings (SSSR count). The number of halogens is 1. The number of hydrogen-bond donors (Lipinski definition) is 1. The molecule has 0 spiro atoms. The zero-order valence-electron chi connectivity index (χ0n) is 15.6. The molecule has 1 aliphatic rings. The van der Waals surface area contributed by atoms with Crippen molar-refractivity contribution in [3.63, 3.8) is 0 Å². The lowest BCUT2D eigenvalue weighted by Crippen LogP contribution is -2.38. The molecule has 3 aromatic rings. The van der Waals surface area contributed by atoms with Crippen molar-refractivity contribution in [1.82, 2.24) is 15.3 Å². The number of carbonyl (C=O) groups excluding carboxylic acids is 1. The van der Waals surface area contributed by atoms with Crippen molar-refractivity contribution >= 4 is 34.2 Å². The Labute approximate surface area is 168 Å². The molecule has 0 bridgehead atoms. The van der Waals surface area contributed by atoms with Crippen LogP contribution in [0.3, 0.4) is 0 Å². The molecule has 1 amide bonds. The summed E-state index contributed by atoms with van der Waals surface area (Å²) < 4.78 is 5.36. The summed E-state index contributed by atoms with van der Waals surface area (Å²) in [5.41, 5.74) is 1.23. The van der Waals surface area contributed by atoms with Crippen LogP contribution in [0.2, 0.25) is 5.02 Å². The number of nitrogens with zero attached hydrogens (tertiary/aromatic N) is 3. The summed E-state index contributed by atoms with van der Waals surface area (Å²) in [5, 5.41) is 5.50. The summed E-state index contributed by atoms with van der Waals surface area (Å²) in [6.07, 6.45) is 1.48. The molecule has 0 unspecified atom stereocenters. The maximum absolute atomic E-state index is 12.9. The topological polar surface area (TPSA) is 67.4 Å². The van der Waals surface area contributed by atoms with Crippen LogP contribution >= 0.6 is 11.6 Å². The zero-order chi connectivity index (χ0) is 19.5. The molecule has 7 heteroatoms. The predicted octanol–water partition coefficient (Wildman–Crippen LogP) is 3.61. The van der Waals surface area contributed by atoms with E-state index in [-0.39, 0.29) is 22.7 Å². The molecule has 1 saturated heterocycles. The summed E-state index contributed by atoms with van der Waals surface area (Å²) >= 11 is 6.23. The maximum Gasteiger partial charge on any atom is 0.272 e. The second-order valence-corrected chi connectivity index (χ2v) is 7.14. The number of aromatic nitrogens is 2. The second kappa shape index (κ2) is 8.12. The normalized spacial score (nSPS) is 15.4. The summed E-state index contributed by atoms with van der Waals surface area (Å²) in [7, 11) is 0. The average molecular weight is 397 g/mol. The van der Waals surface area contributed by atoms with Crippen LogP contribution in [-0.4, -0.2) is 42.2 Å². The maximum atomic E-state index is 12.9. The lowest BCUT2D eigenvalue weighted by atomic mass is 9.99. The smallest absolute Gasteiger partial charge is 0.272 e. The zero-order valence-corrected chi connectivity index (χ0v) is 16.3. The first-order chi connectivity index (χ1) is 13.6. The van der Waals surface area contributed by atoms with Gasteiger partial charge in [0.2, 0.25) is 5.95 Å². The van der Waals surface area contributed by atoms with Gasteiger partial charge in [-0.05, 0) is 23.3 Å². The van der Waals surface area contributed by atoms with Crippen molar-refractivity contribution < 1.29 is 9.53 Å². The summed E-state index contributed by atoms with van der Waals surface area (Å²) in [6.45, 7) is 4.57. The third-order valence-corrected chi connectivity index (χ3v) is 5.15. The van der Waals surface area contributed by atoms with E-state index in [0.29, 0.717) is 32.3 Å². The first kappa shape index (κ1) is 18.7. The van der Waals surface area contributed by atoms with E-state index in [1.807, 2.05) is 36.1 Å². The van der Waals surface area contributed by atoms with Gasteiger partial charge in [0.05, 0.1) is 30.5 Å². The van der Waals surface area contributed by atoms with Crippen LogP contribution in [-0.2, 0) is 4.74 Å². The molecule has 0 radical (unpaired) electrons. The molecule has 28 heavy (non-hydrogen) atoms. The Morgan fingerprint density at radius 1 is 1.18 bits per heavy atom. The van der Waals surface area contributed by atoms with Gasteiger partial charge in [0, 0.05) is 13.1 Å². The van der Waals surface area contributed by atoms with E-state index in [1.165, 1.54) is 6.20 Å². The highest BCUT2D eigenvalue weighted by atomic mass is 35.5. The first-order valence-electron chi connectivity index (χ1n) is 9.27. The first-order valence-corrected chi connectivity index (χ1v) is 9.65. The van der Waals surface area contributed by atoms with Gasteiger partial charge in [0.1, 0.15) is 0 Å². The van der Waals surface area contributed by atoms with E-state index < -0.39 is 0 Å². The molecule has 2 heterocycles. The van der Waals surface area contributed by atoms with Gasteiger partial charge in [-0.2, -0.15) is 0 Å². The summed E-state index contributed by atoms with van der Waals surface area (Å²) in [6, 6.07) is 14.0. The quantitative estimate of drug-likeness (QED) is 0.729. The van der Waals surface area contributed by atoms with Crippen LogP contribution < -0.4 is 10.2 Å². The number of anilines is 1. The Kier molecular flexibility index (Phi) is 5.41. The molecule has 2 aromatic carbocycles. The van der Waals surface area contributed by atoms with Gasteiger partial charge in [-0.15, -0.1) is 0 Å². The van der Waals surface area contributed by atoms with Crippen molar-refractivity contribution in [2.45, 2.75) is 13.0 Å². The molecule has 1 aromatic heterocycles. The largest absolute Gasteiger partial charge is 0.378 e. The minimum Gasteiger partial charge on any atom is -0.378 e. The van der Waals surface area contributed by atoms with Gasteiger partial charge in [-0.1, -0.05) is 54.1 Å². The number of nitrogens with one attached hydrogen (secondary N) is 1. The number of ether oxygens (including phenoxy) is 1. The third kappa shape index (κ3) is 3.79. The van der Waals surface area contributed by atoms with E-state index in [4.69, 9.17) is 16.3 Å². The number of fused-ring (bicyclic) bond motifs is 1. The molecular formula is C21H21ClN4O2. The van der Waals surface area contributed by atoms with Crippen molar-refractivity contribution in [3.05, 3.63) is 64.9 Å². The number of amides is 1. The Bertz CT molecular complexity index is 999. The van der Waals surface area contributed by atoms with Gasteiger partial charge in [0.15, 0.2) is 5.69 Å². The molecule has 1 aliphatic heterocycles. The Morgan fingerprint density at radius 2 is 1.93 bits per heavy atom. The van der Waals surface area contributed by atoms with Crippen molar-refractivity contribution in [2.24, 2.45) is 0 Å². The fourth-order valence-corrected chi connectivity index (χ4v) is 3.58. The van der Waals surface area contributed by atoms with Gasteiger partial charge >= 0.3 is 0 Å². The van der Waals surface area contributed by atoms with Gasteiger partial charge in [0.25, 0.3) is 5.91 Å². The fourth-order valence-electron chi connectivity index (χ4n) is 3.40. The summed E-state index contributed by atoms with van der Waals surface area (Å²) in [5.74, 6) is 0.179. The van der Waals surface area contributed by atoms with Crippen LogP contribution in [0, 0.1) is 0 Å². The Balaban J connectivity index is 1.57. The van der Waals surface area contributed by atoms with E-state index in [9.17, 15) is 4.79 Å². The number of carbonyl (C=O) groups is 1. The molecular weight excluding hydrogens is 376 g/mol. The van der Waals surface area contributed by atoms with E-state index in [1.54, 1.807) is 0 Å². The molecule has 0 aliphatic carbocycles. The minimum atomic E-state index is -0.317. The molecule has 0 saturated carbocycles. The van der Waals surface area contributed by atoms with Crippen LogP contribution in [0.25, 0.3) is 10.8 Å². The second-order valence-electron chi connectivity index (χ2n) is 6.73. The monoisotopic (exact) mass is 396 g/mol. The molecule has 144 valence electrons. The van der Waals surface area contributed by atoms with Crippen molar-refractivity contribution in [3.8, 4) is 0 Å². The van der Waals surface area contributed by atoms with Crippen LogP contribution in [0.15, 0.2) is 48.7 Å². The molecule has 1 fully saturated rings. The molecule has 1 N–H and O–H groups in total. The highest BCUT2D eigenvalue weighted by Gasteiger charge is 2.21. The molecule has 6 nitrogen and oxygen atoms in total. The van der Waals surface area contributed by atoms with E-state index in [0.717, 1.165) is 16.3 Å². The highest BCUT2D eigenvalue weighted by molar-refractivity contribution is 6.33. The predicted molar refractivity (Wildman–Crippen MR) is 110 cm³/mol. The van der Waals surface area contributed by atoms with E-state index >= 15 is 0 Å². The number of benzene rings is 2. The number of morpholine rings is 1. The average Bonchev–Trinajstić information content (AvgIpc) is 2.74. The Hall–Kier alpha value is -2.70. The Morgan fingerprint density at radius 3 is 2.75 bits per heavy atom. The number of rotatable bonds is 4.